The number of nitrogens with two attached hydrogens (primary N) is 1. The van der Waals surface area contributed by atoms with Gasteiger partial charge in [-0.15, -0.1) is 10.2 Å². The molecule has 0 fully saturated rings. The van der Waals surface area contributed by atoms with Crippen LogP contribution in [0.1, 0.15) is 35.4 Å². The number of amides is 1. The van der Waals surface area contributed by atoms with Crippen LogP contribution in [-0.4, -0.2) is 29.1 Å². The van der Waals surface area contributed by atoms with Gasteiger partial charge in [0.2, 0.25) is 10.0 Å². The maximum absolute atomic E-state index is 12.6. The number of anilines is 1. The van der Waals surface area contributed by atoms with Crippen molar-refractivity contribution in [2.75, 3.05) is 5.32 Å². The van der Waals surface area contributed by atoms with Gasteiger partial charge in [-0.1, -0.05) is 18.0 Å². The lowest BCUT2D eigenvalue weighted by Gasteiger charge is -2.10. The third-order valence-electron chi connectivity index (χ3n) is 5.02. The molecule has 0 aliphatic carbocycles. The van der Waals surface area contributed by atoms with Crippen LogP contribution < -0.4 is 10.5 Å². The monoisotopic (exact) mass is 445 g/mol. The Morgan fingerprint density at radius 3 is 2.57 bits per heavy atom. The van der Waals surface area contributed by atoms with Gasteiger partial charge in [-0.05, 0) is 55.3 Å². The Kier molecular flexibility index (Phi) is 5.59. The normalized spacial score (nSPS) is 14.1. The molecule has 0 radical (unpaired) electrons. The number of aromatic nitrogens is 3. The molecule has 8 nitrogen and oxygen atoms in total. The van der Waals surface area contributed by atoms with E-state index in [1.807, 2.05) is 12.1 Å². The van der Waals surface area contributed by atoms with Crippen molar-refractivity contribution in [3.05, 3.63) is 58.9 Å². The van der Waals surface area contributed by atoms with E-state index >= 15 is 0 Å². The number of hydrogen-bond acceptors (Lipinski definition) is 5. The molecule has 0 atom stereocenters. The van der Waals surface area contributed by atoms with Gasteiger partial charge in [0.05, 0.1) is 15.5 Å². The number of primary sulfonamides is 1. The molecule has 1 aliphatic heterocycles. The van der Waals surface area contributed by atoms with Crippen molar-refractivity contribution in [3.63, 3.8) is 0 Å². The molecule has 2 aromatic carbocycles. The number of aryl methyl sites for hydroxylation is 1. The zero-order valence-corrected chi connectivity index (χ0v) is 17.6. The lowest BCUT2D eigenvalue weighted by molar-refractivity contribution is 0.102. The summed E-state index contributed by atoms with van der Waals surface area (Å²) in [5.41, 5.74) is 1.47. The van der Waals surface area contributed by atoms with Crippen LogP contribution in [-0.2, 0) is 23.0 Å². The fourth-order valence-electron chi connectivity index (χ4n) is 3.46. The average Bonchev–Trinajstić information content (AvgIpc) is 2.96. The summed E-state index contributed by atoms with van der Waals surface area (Å²) < 4.78 is 25.2. The smallest absolute Gasteiger partial charge is 0.257 e. The number of nitrogens with zero attached hydrogens (tertiary/aromatic N) is 3. The molecule has 0 bridgehead atoms. The number of fused-ring (bicyclic) bond motifs is 1. The molecule has 30 heavy (non-hydrogen) atoms. The molecule has 0 saturated carbocycles. The first kappa shape index (κ1) is 20.5. The second kappa shape index (κ2) is 8.17. The second-order valence-electron chi connectivity index (χ2n) is 7.12. The molecule has 3 N–H and O–H groups in total. The van der Waals surface area contributed by atoms with E-state index in [0.717, 1.165) is 49.1 Å². The highest BCUT2D eigenvalue weighted by molar-refractivity contribution is 7.89. The first-order valence-electron chi connectivity index (χ1n) is 9.49. The van der Waals surface area contributed by atoms with Crippen LogP contribution in [0.3, 0.4) is 0 Å². The SMILES string of the molecule is NS(=O)(=O)c1ccc(Cl)c(C(=O)Nc2ccc(-c3nnc4n3CCCCC4)cc2)c1. The van der Waals surface area contributed by atoms with Crippen LogP contribution in [0.5, 0.6) is 0 Å². The maximum atomic E-state index is 12.6. The number of carbonyl (C=O) groups is 1. The third kappa shape index (κ3) is 4.23. The lowest BCUT2D eigenvalue weighted by Crippen LogP contribution is -2.16. The highest BCUT2D eigenvalue weighted by Gasteiger charge is 2.18. The molecule has 3 aromatic rings. The molecule has 1 aliphatic rings. The van der Waals surface area contributed by atoms with Crippen molar-refractivity contribution >= 4 is 33.2 Å². The number of halogens is 1. The minimum Gasteiger partial charge on any atom is -0.322 e. The Labute approximate surface area is 179 Å². The van der Waals surface area contributed by atoms with E-state index in [1.165, 1.54) is 18.6 Å². The zero-order valence-electron chi connectivity index (χ0n) is 16.0. The van der Waals surface area contributed by atoms with Crippen molar-refractivity contribution in [2.24, 2.45) is 5.14 Å². The number of nitrogens with one attached hydrogen (secondary N) is 1. The van der Waals surface area contributed by atoms with Gasteiger partial charge in [0.1, 0.15) is 5.82 Å². The summed E-state index contributed by atoms with van der Waals surface area (Å²) in [6, 6.07) is 11.0. The van der Waals surface area contributed by atoms with Crippen LogP contribution in [0.15, 0.2) is 47.4 Å². The summed E-state index contributed by atoms with van der Waals surface area (Å²) in [4.78, 5) is 12.4. The fourth-order valence-corrected chi connectivity index (χ4v) is 4.20. The van der Waals surface area contributed by atoms with Gasteiger partial charge in [-0.25, -0.2) is 13.6 Å². The molecule has 1 amide bonds. The lowest BCUT2D eigenvalue weighted by atomic mass is 10.1. The van der Waals surface area contributed by atoms with Crippen LogP contribution in [0, 0.1) is 0 Å². The third-order valence-corrected chi connectivity index (χ3v) is 6.26. The van der Waals surface area contributed by atoms with E-state index in [2.05, 4.69) is 20.1 Å². The van der Waals surface area contributed by atoms with Crippen LogP contribution >= 0.6 is 11.6 Å². The fraction of sp³-hybridized carbons (Fsp3) is 0.250. The van der Waals surface area contributed by atoms with Crippen molar-refractivity contribution in [1.82, 2.24) is 14.8 Å². The first-order chi connectivity index (χ1) is 14.3. The Morgan fingerprint density at radius 1 is 1.07 bits per heavy atom. The number of rotatable bonds is 4. The van der Waals surface area contributed by atoms with Crippen molar-refractivity contribution in [1.29, 1.82) is 0 Å². The van der Waals surface area contributed by atoms with Gasteiger partial charge in [-0.3, -0.25) is 4.79 Å². The molecule has 156 valence electrons. The Bertz CT molecular complexity index is 1210. The summed E-state index contributed by atoms with van der Waals surface area (Å²) in [7, 11) is -3.94. The maximum Gasteiger partial charge on any atom is 0.257 e. The van der Waals surface area contributed by atoms with Gasteiger partial charge in [-0.2, -0.15) is 0 Å². The van der Waals surface area contributed by atoms with E-state index in [0.29, 0.717) is 5.69 Å². The average molecular weight is 446 g/mol. The van der Waals surface area contributed by atoms with E-state index in [4.69, 9.17) is 16.7 Å². The highest BCUT2D eigenvalue weighted by atomic mass is 35.5. The number of hydrogen-bond donors (Lipinski definition) is 2. The summed E-state index contributed by atoms with van der Waals surface area (Å²) >= 11 is 6.07. The molecule has 0 spiro atoms. The van der Waals surface area contributed by atoms with Gasteiger partial charge in [0.15, 0.2) is 5.82 Å². The van der Waals surface area contributed by atoms with Crippen molar-refractivity contribution in [2.45, 2.75) is 37.1 Å². The Balaban J connectivity index is 1.55. The van der Waals surface area contributed by atoms with Crippen molar-refractivity contribution < 1.29 is 13.2 Å². The van der Waals surface area contributed by atoms with E-state index in [-0.39, 0.29) is 15.5 Å². The Morgan fingerprint density at radius 2 is 1.83 bits per heavy atom. The summed E-state index contributed by atoms with van der Waals surface area (Å²) in [6.07, 6.45) is 4.34. The molecule has 2 heterocycles. The van der Waals surface area contributed by atoms with E-state index in [1.54, 1.807) is 12.1 Å². The topological polar surface area (TPSA) is 120 Å². The number of carbonyl (C=O) groups excluding carboxylic acids is 1. The first-order valence-corrected chi connectivity index (χ1v) is 11.4. The van der Waals surface area contributed by atoms with Gasteiger partial charge >= 0.3 is 0 Å². The largest absolute Gasteiger partial charge is 0.322 e. The standard InChI is InChI=1S/C20H20ClN5O3S/c21-17-10-9-15(30(22,28)29)12-16(17)20(27)23-14-7-5-13(6-8-14)19-25-24-18-4-2-1-3-11-26(18)19/h5-10,12H,1-4,11H2,(H,23,27)(H2,22,28,29). The zero-order chi connectivity index (χ0) is 21.3. The molecule has 1 aromatic heterocycles. The predicted molar refractivity (Wildman–Crippen MR) is 114 cm³/mol. The van der Waals surface area contributed by atoms with Gasteiger partial charge in [0.25, 0.3) is 5.91 Å². The van der Waals surface area contributed by atoms with Crippen LogP contribution in [0.4, 0.5) is 5.69 Å². The molecule has 0 saturated heterocycles. The molecule has 10 heteroatoms. The van der Waals surface area contributed by atoms with E-state index < -0.39 is 15.9 Å². The minimum absolute atomic E-state index is 0.0232. The summed E-state index contributed by atoms with van der Waals surface area (Å²) in [6.45, 7) is 0.898. The van der Waals surface area contributed by atoms with Crippen LogP contribution in [0.25, 0.3) is 11.4 Å². The molecular weight excluding hydrogens is 426 g/mol. The predicted octanol–water partition coefficient (Wildman–Crippen LogP) is 3.22. The van der Waals surface area contributed by atoms with E-state index in [9.17, 15) is 13.2 Å². The van der Waals surface area contributed by atoms with Crippen molar-refractivity contribution in [3.8, 4) is 11.4 Å². The minimum atomic E-state index is -3.94. The highest BCUT2D eigenvalue weighted by Crippen LogP contribution is 2.25. The molecular formula is C20H20ClN5O3S. The van der Waals surface area contributed by atoms with Gasteiger partial charge < -0.3 is 9.88 Å². The van der Waals surface area contributed by atoms with Crippen LogP contribution in [0.2, 0.25) is 5.02 Å². The number of sulfonamides is 1. The second-order valence-corrected chi connectivity index (χ2v) is 9.09. The quantitative estimate of drug-likeness (QED) is 0.638. The molecule has 0 unspecified atom stereocenters. The Hall–Kier alpha value is -2.75. The van der Waals surface area contributed by atoms with Gasteiger partial charge in [0, 0.05) is 24.2 Å². The number of benzene rings is 2. The molecule has 4 rings (SSSR count). The summed E-state index contributed by atoms with van der Waals surface area (Å²) in [5, 5.41) is 16.6. The summed E-state index contributed by atoms with van der Waals surface area (Å²) in [5.74, 6) is 1.28.